The highest BCUT2D eigenvalue weighted by molar-refractivity contribution is 5.34. The number of nitrogens with one attached hydrogen (secondary N) is 1. The molecule has 1 aromatic carbocycles. The number of hydrogen-bond donors (Lipinski definition) is 1. The van der Waals surface area contributed by atoms with Crippen LogP contribution in [0.5, 0.6) is 5.75 Å². The van der Waals surface area contributed by atoms with E-state index in [2.05, 4.69) is 31.3 Å². The first-order valence-corrected chi connectivity index (χ1v) is 8.27. The van der Waals surface area contributed by atoms with Crippen LogP contribution in [0.1, 0.15) is 38.7 Å². The quantitative estimate of drug-likeness (QED) is 0.716. The molecule has 0 aliphatic heterocycles. The number of rotatable bonds is 10. The molecule has 3 heteroatoms. The summed E-state index contributed by atoms with van der Waals surface area (Å²) in [5.41, 5.74) is 1.26. The Morgan fingerprint density at radius 1 is 1.24 bits per heavy atom. The summed E-state index contributed by atoms with van der Waals surface area (Å²) < 4.78 is 11.6. The van der Waals surface area contributed by atoms with Gasteiger partial charge in [0.1, 0.15) is 5.75 Å². The maximum atomic E-state index is 6.07. The summed E-state index contributed by atoms with van der Waals surface area (Å²) >= 11 is 0. The van der Waals surface area contributed by atoms with Crippen molar-refractivity contribution in [3.05, 3.63) is 29.8 Å². The van der Waals surface area contributed by atoms with Crippen LogP contribution in [0.25, 0.3) is 0 Å². The molecule has 0 radical (unpaired) electrons. The zero-order valence-corrected chi connectivity index (χ0v) is 13.6. The van der Waals surface area contributed by atoms with Crippen LogP contribution in [-0.2, 0) is 11.2 Å². The van der Waals surface area contributed by atoms with Crippen LogP contribution >= 0.6 is 0 Å². The maximum absolute atomic E-state index is 6.07. The number of hydrogen-bond acceptors (Lipinski definition) is 3. The lowest BCUT2D eigenvalue weighted by molar-refractivity contribution is 0.0191. The van der Waals surface area contributed by atoms with Gasteiger partial charge in [0.25, 0.3) is 0 Å². The summed E-state index contributed by atoms with van der Waals surface area (Å²) in [6.07, 6.45) is 5.05. The van der Waals surface area contributed by atoms with Crippen molar-refractivity contribution in [2.24, 2.45) is 5.92 Å². The van der Waals surface area contributed by atoms with Gasteiger partial charge in [0.2, 0.25) is 0 Å². The molecule has 21 heavy (non-hydrogen) atoms. The van der Waals surface area contributed by atoms with Crippen LogP contribution < -0.4 is 10.1 Å². The van der Waals surface area contributed by atoms with Gasteiger partial charge in [-0.2, -0.15) is 0 Å². The Bertz CT molecular complexity index is 417. The Morgan fingerprint density at radius 2 is 2.00 bits per heavy atom. The molecule has 118 valence electrons. The van der Waals surface area contributed by atoms with E-state index >= 15 is 0 Å². The average molecular weight is 291 g/mol. The zero-order chi connectivity index (χ0) is 15.1. The van der Waals surface area contributed by atoms with Gasteiger partial charge in [-0.3, -0.25) is 0 Å². The summed E-state index contributed by atoms with van der Waals surface area (Å²) in [4.78, 5) is 0. The average Bonchev–Trinajstić information content (AvgIpc) is 3.34. The fourth-order valence-electron chi connectivity index (χ4n) is 2.94. The van der Waals surface area contributed by atoms with Crippen molar-refractivity contribution in [1.82, 2.24) is 5.32 Å². The summed E-state index contributed by atoms with van der Waals surface area (Å²) in [5, 5.41) is 3.69. The van der Waals surface area contributed by atoms with Crippen LogP contribution in [-0.4, -0.2) is 32.4 Å². The molecule has 0 saturated heterocycles. The van der Waals surface area contributed by atoms with Crippen LogP contribution in [0, 0.1) is 5.92 Å². The first kappa shape index (κ1) is 16.3. The molecule has 1 saturated carbocycles. The van der Waals surface area contributed by atoms with Crippen molar-refractivity contribution < 1.29 is 9.47 Å². The third-order valence-electron chi connectivity index (χ3n) is 4.13. The molecule has 0 spiro atoms. The Hall–Kier alpha value is -1.06. The van der Waals surface area contributed by atoms with Gasteiger partial charge in [0.05, 0.1) is 13.2 Å². The molecule has 0 heterocycles. The van der Waals surface area contributed by atoms with Gasteiger partial charge in [-0.25, -0.2) is 0 Å². The molecule has 1 fully saturated rings. The van der Waals surface area contributed by atoms with Gasteiger partial charge in [-0.1, -0.05) is 25.1 Å². The second kappa shape index (κ2) is 8.40. The topological polar surface area (TPSA) is 30.5 Å². The third kappa shape index (κ3) is 4.72. The molecule has 1 aliphatic rings. The van der Waals surface area contributed by atoms with E-state index in [9.17, 15) is 0 Å². The standard InChI is InChI=1S/C18H29NO2/c1-4-12-19-16(18(21-5-2)14-10-11-14)13-15-8-6-7-9-17(15)20-3/h6-9,14,16,18-19H,4-5,10-13H2,1-3H3. The van der Waals surface area contributed by atoms with Crippen molar-refractivity contribution >= 4 is 0 Å². The Balaban J connectivity index is 2.10. The molecule has 2 unspecified atom stereocenters. The lowest BCUT2D eigenvalue weighted by Gasteiger charge is -2.29. The number of benzene rings is 1. The summed E-state index contributed by atoms with van der Waals surface area (Å²) in [6.45, 7) is 6.13. The molecule has 1 N–H and O–H groups in total. The molecule has 2 atom stereocenters. The highest BCUT2D eigenvalue weighted by Crippen LogP contribution is 2.37. The largest absolute Gasteiger partial charge is 0.496 e. The van der Waals surface area contributed by atoms with E-state index in [0.717, 1.165) is 37.7 Å². The predicted molar refractivity (Wildman–Crippen MR) is 86.9 cm³/mol. The predicted octanol–water partition coefficient (Wildman–Crippen LogP) is 3.42. The minimum absolute atomic E-state index is 0.325. The minimum atomic E-state index is 0.325. The second-order valence-corrected chi connectivity index (χ2v) is 5.83. The van der Waals surface area contributed by atoms with E-state index in [-0.39, 0.29) is 0 Å². The molecule has 2 rings (SSSR count). The normalized spacial score (nSPS) is 17.5. The number of methoxy groups -OCH3 is 1. The molecule has 1 aliphatic carbocycles. The fourth-order valence-corrected chi connectivity index (χ4v) is 2.94. The molecular weight excluding hydrogens is 262 g/mol. The minimum Gasteiger partial charge on any atom is -0.496 e. The Morgan fingerprint density at radius 3 is 2.62 bits per heavy atom. The van der Waals surface area contributed by atoms with Crippen molar-refractivity contribution in [1.29, 1.82) is 0 Å². The second-order valence-electron chi connectivity index (χ2n) is 5.83. The van der Waals surface area contributed by atoms with E-state index in [1.54, 1.807) is 7.11 Å². The number of para-hydroxylation sites is 1. The lowest BCUT2D eigenvalue weighted by Crippen LogP contribution is -2.44. The van der Waals surface area contributed by atoms with E-state index in [1.165, 1.54) is 18.4 Å². The highest BCUT2D eigenvalue weighted by atomic mass is 16.5. The molecule has 3 nitrogen and oxygen atoms in total. The molecular formula is C18H29NO2. The Kier molecular flexibility index (Phi) is 6.52. The molecule has 0 amide bonds. The summed E-state index contributed by atoms with van der Waals surface area (Å²) in [6, 6.07) is 8.68. The van der Waals surface area contributed by atoms with Crippen molar-refractivity contribution in [3.63, 3.8) is 0 Å². The SMILES string of the molecule is CCCNC(Cc1ccccc1OC)C(OCC)C1CC1. The third-order valence-corrected chi connectivity index (χ3v) is 4.13. The monoisotopic (exact) mass is 291 g/mol. The van der Waals surface area contributed by atoms with Gasteiger partial charge in [-0.05, 0) is 56.7 Å². The first-order valence-electron chi connectivity index (χ1n) is 8.27. The van der Waals surface area contributed by atoms with E-state index < -0.39 is 0 Å². The van der Waals surface area contributed by atoms with Gasteiger partial charge in [-0.15, -0.1) is 0 Å². The van der Waals surface area contributed by atoms with Gasteiger partial charge >= 0.3 is 0 Å². The van der Waals surface area contributed by atoms with Crippen LogP contribution in [0.4, 0.5) is 0 Å². The first-order chi connectivity index (χ1) is 10.3. The zero-order valence-electron chi connectivity index (χ0n) is 13.6. The highest BCUT2D eigenvalue weighted by Gasteiger charge is 2.37. The van der Waals surface area contributed by atoms with Crippen molar-refractivity contribution in [3.8, 4) is 5.75 Å². The van der Waals surface area contributed by atoms with Gasteiger partial charge < -0.3 is 14.8 Å². The van der Waals surface area contributed by atoms with Crippen LogP contribution in [0.2, 0.25) is 0 Å². The van der Waals surface area contributed by atoms with Gasteiger partial charge in [0, 0.05) is 12.6 Å². The lowest BCUT2D eigenvalue weighted by atomic mass is 9.97. The van der Waals surface area contributed by atoms with Crippen LogP contribution in [0.15, 0.2) is 24.3 Å². The van der Waals surface area contributed by atoms with E-state index in [0.29, 0.717) is 12.1 Å². The Labute approximate surface area is 129 Å². The van der Waals surface area contributed by atoms with Crippen molar-refractivity contribution in [2.45, 2.75) is 51.7 Å². The summed E-state index contributed by atoms with van der Waals surface area (Å²) in [5.74, 6) is 1.71. The molecule has 0 bridgehead atoms. The van der Waals surface area contributed by atoms with Crippen LogP contribution in [0.3, 0.4) is 0 Å². The van der Waals surface area contributed by atoms with Crippen molar-refractivity contribution in [2.75, 3.05) is 20.3 Å². The molecule has 1 aromatic rings. The van der Waals surface area contributed by atoms with E-state index in [4.69, 9.17) is 9.47 Å². The molecule has 0 aromatic heterocycles. The van der Waals surface area contributed by atoms with Gasteiger partial charge in [0.15, 0.2) is 0 Å². The smallest absolute Gasteiger partial charge is 0.122 e. The summed E-state index contributed by atoms with van der Waals surface area (Å²) in [7, 11) is 1.74. The fraction of sp³-hybridized carbons (Fsp3) is 0.667. The van der Waals surface area contributed by atoms with E-state index in [1.807, 2.05) is 12.1 Å². The number of ether oxygens (including phenoxy) is 2. The maximum Gasteiger partial charge on any atom is 0.122 e.